The van der Waals surface area contributed by atoms with Crippen molar-refractivity contribution < 1.29 is 13.2 Å². The van der Waals surface area contributed by atoms with Crippen LogP contribution < -0.4 is 10.0 Å². The Bertz CT molecular complexity index is 756. The van der Waals surface area contributed by atoms with E-state index in [1.807, 2.05) is 0 Å². The molecule has 21 heavy (non-hydrogen) atoms. The monoisotopic (exact) mass is 344 g/mol. The molecule has 0 spiro atoms. The third-order valence-corrected chi connectivity index (χ3v) is 4.32. The number of carbonyl (C=O) groups is 1. The molecule has 0 aliphatic heterocycles. The Morgan fingerprint density at radius 3 is 2.67 bits per heavy atom. The second-order valence-electron chi connectivity index (χ2n) is 4.36. The smallest absolute Gasteiger partial charge is 0.261 e. The van der Waals surface area contributed by atoms with Crippen LogP contribution >= 0.6 is 22.9 Å². The Kier molecular flexibility index (Phi) is 4.87. The Balaban J connectivity index is 2.00. The first-order valence-electron chi connectivity index (χ1n) is 5.94. The summed E-state index contributed by atoms with van der Waals surface area (Å²) in [6, 6.07) is 10.2. The topological polar surface area (TPSA) is 75.3 Å². The average molecular weight is 345 g/mol. The molecule has 0 radical (unpaired) electrons. The van der Waals surface area contributed by atoms with Crippen molar-refractivity contribution in [2.45, 2.75) is 6.54 Å². The van der Waals surface area contributed by atoms with Gasteiger partial charge in [0, 0.05) is 12.2 Å². The fourth-order valence-corrected chi connectivity index (χ4v) is 3.18. The summed E-state index contributed by atoms with van der Waals surface area (Å²) in [7, 11) is -3.32. The zero-order valence-corrected chi connectivity index (χ0v) is 13.5. The lowest BCUT2D eigenvalue weighted by Crippen LogP contribution is -2.21. The van der Waals surface area contributed by atoms with Gasteiger partial charge in [-0.1, -0.05) is 23.7 Å². The lowest BCUT2D eigenvalue weighted by molar-refractivity contribution is 0.0955. The molecule has 0 unspecified atom stereocenters. The van der Waals surface area contributed by atoms with Gasteiger partial charge in [-0.25, -0.2) is 8.42 Å². The zero-order valence-electron chi connectivity index (χ0n) is 11.1. The Hall–Kier alpha value is -1.57. The molecule has 0 aliphatic carbocycles. The van der Waals surface area contributed by atoms with Gasteiger partial charge in [0.05, 0.1) is 15.5 Å². The van der Waals surface area contributed by atoms with Crippen molar-refractivity contribution in [3.05, 3.63) is 51.2 Å². The summed E-state index contributed by atoms with van der Waals surface area (Å²) in [5, 5.41) is 2.75. The summed E-state index contributed by atoms with van der Waals surface area (Å²) >= 11 is 6.98. The summed E-state index contributed by atoms with van der Waals surface area (Å²) < 4.78 is 25.3. The number of hydrogen-bond acceptors (Lipinski definition) is 4. The van der Waals surface area contributed by atoms with E-state index in [0.717, 1.165) is 11.8 Å². The molecule has 2 rings (SSSR count). The normalized spacial score (nSPS) is 11.1. The lowest BCUT2D eigenvalue weighted by atomic mass is 10.2. The summed E-state index contributed by atoms with van der Waals surface area (Å²) in [4.78, 5) is 12.4. The molecule has 2 N–H and O–H groups in total. The van der Waals surface area contributed by atoms with E-state index in [2.05, 4.69) is 10.0 Å². The highest BCUT2D eigenvalue weighted by Crippen LogP contribution is 2.21. The van der Waals surface area contributed by atoms with Crippen LogP contribution in [0.1, 0.15) is 15.2 Å². The summed E-state index contributed by atoms with van der Waals surface area (Å²) in [6.45, 7) is 0.299. The number of thiophene rings is 1. The van der Waals surface area contributed by atoms with Gasteiger partial charge in [-0.3, -0.25) is 9.52 Å². The first-order chi connectivity index (χ1) is 9.83. The molecule has 1 amide bonds. The summed E-state index contributed by atoms with van der Waals surface area (Å²) in [5.74, 6) is -0.214. The molecule has 8 heteroatoms. The van der Waals surface area contributed by atoms with Crippen molar-refractivity contribution in [1.29, 1.82) is 0 Å². The largest absolute Gasteiger partial charge is 0.347 e. The predicted octanol–water partition coefficient (Wildman–Crippen LogP) is 2.70. The second kappa shape index (κ2) is 6.46. The number of benzene rings is 1. The number of anilines is 1. The third-order valence-electron chi connectivity index (χ3n) is 2.48. The van der Waals surface area contributed by atoms with Crippen LogP contribution in [0.3, 0.4) is 0 Å². The highest BCUT2D eigenvalue weighted by molar-refractivity contribution is 7.92. The van der Waals surface area contributed by atoms with Gasteiger partial charge in [-0.15, -0.1) is 11.3 Å². The van der Waals surface area contributed by atoms with Crippen molar-refractivity contribution >= 4 is 44.6 Å². The quantitative estimate of drug-likeness (QED) is 0.875. The van der Waals surface area contributed by atoms with Gasteiger partial charge < -0.3 is 5.32 Å². The van der Waals surface area contributed by atoms with Crippen LogP contribution in [0.5, 0.6) is 0 Å². The highest BCUT2D eigenvalue weighted by atomic mass is 35.5. The van der Waals surface area contributed by atoms with Gasteiger partial charge in [-0.2, -0.15) is 0 Å². The molecular weight excluding hydrogens is 332 g/mol. The molecular formula is C13H13ClN2O3S2. The molecule has 0 saturated heterocycles. The van der Waals surface area contributed by atoms with Crippen molar-refractivity contribution in [2.75, 3.05) is 11.0 Å². The summed E-state index contributed by atoms with van der Waals surface area (Å²) in [5.41, 5.74) is 1.25. The van der Waals surface area contributed by atoms with Gasteiger partial charge in [0.15, 0.2) is 0 Å². The van der Waals surface area contributed by atoms with Crippen LogP contribution in [0.4, 0.5) is 5.69 Å². The zero-order chi connectivity index (χ0) is 15.5. The van der Waals surface area contributed by atoms with Crippen LogP contribution in [-0.2, 0) is 16.6 Å². The Labute approximate surface area is 132 Å². The van der Waals surface area contributed by atoms with E-state index < -0.39 is 10.0 Å². The number of nitrogens with one attached hydrogen (secondary N) is 2. The van der Waals surface area contributed by atoms with Crippen molar-refractivity contribution in [3.8, 4) is 0 Å². The number of amides is 1. The first-order valence-corrected chi connectivity index (χ1v) is 9.02. The molecule has 0 aliphatic rings. The molecule has 1 aromatic heterocycles. The molecule has 1 heterocycles. The molecule has 0 fully saturated rings. The second-order valence-corrected chi connectivity index (χ2v) is 7.82. The molecule has 1 aromatic carbocycles. The van der Waals surface area contributed by atoms with E-state index in [4.69, 9.17) is 11.6 Å². The van der Waals surface area contributed by atoms with Crippen molar-refractivity contribution in [3.63, 3.8) is 0 Å². The van der Waals surface area contributed by atoms with Gasteiger partial charge in [0.25, 0.3) is 5.91 Å². The van der Waals surface area contributed by atoms with Crippen molar-refractivity contribution in [2.24, 2.45) is 0 Å². The fraction of sp³-hybridized carbons (Fsp3) is 0.154. The molecule has 5 nitrogen and oxygen atoms in total. The van der Waals surface area contributed by atoms with Crippen LogP contribution in [-0.4, -0.2) is 20.6 Å². The number of sulfonamides is 1. The maximum absolute atomic E-state index is 11.9. The predicted molar refractivity (Wildman–Crippen MR) is 85.4 cm³/mol. The van der Waals surface area contributed by atoms with E-state index in [9.17, 15) is 13.2 Å². The molecule has 2 aromatic rings. The van der Waals surface area contributed by atoms with E-state index in [-0.39, 0.29) is 5.91 Å². The number of carbonyl (C=O) groups excluding carboxylic acids is 1. The van der Waals surface area contributed by atoms with Crippen LogP contribution in [0.2, 0.25) is 4.34 Å². The molecule has 0 saturated carbocycles. The number of rotatable bonds is 5. The van der Waals surface area contributed by atoms with E-state index in [0.29, 0.717) is 21.4 Å². The van der Waals surface area contributed by atoms with Crippen LogP contribution in [0.25, 0.3) is 0 Å². The van der Waals surface area contributed by atoms with Gasteiger partial charge in [0.1, 0.15) is 0 Å². The van der Waals surface area contributed by atoms with Crippen LogP contribution in [0, 0.1) is 0 Å². The standard InChI is InChI=1S/C13H13ClN2O3S2/c1-21(18,19)16-10-4-2-3-9(7-10)8-15-13(17)11-5-6-12(14)20-11/h2-7,16H,8H2,1H3,(H,15,17). The van der Waals surface area contributed by atoms with Gasteiger partial charge in [-0.05, 0) is 29.8 Å². The third kappa shape index (κ3) is 5.04. The maximum atomic E-state index is 11.9. The SMILES string of the molecule is CS(=O)(=O)Nc1cccc(CNC(=O)c2ccc(Cl)s2)c1. The highest BCUT2D eigenvalue weighted by Gasteiger charge is 2.08. The minimum absolute atomic E-state index is 0.214. The van der Waals surface area contributed by atoms with E-state index in [1.54, 1.807) is 36.4 Å². The Morgan fingerprint density at radius 1 is 1.29 bits per heavy atom. The van der Waals surface area contributed by atoms with E-state index >= 15 is 0 Å². The van der Waals surface area contributed by atoms with Gasteiger partial charge in [0.2, 0.25) is 10.0 Å². The Morgan fingerprint density at radius 2 is 2.05 bits per heavy atom. The average Bonchev–Trinajstić information content (AvgIpc) is 2.81. The minimum Gasteiger partial charge on any atom is -0.347 e. The maximum Gasteiger partial charge on any atom is 0.261 e. The fourth-order valence-electron chi connectivity index (χ4n) is 1.66. The number of hydrogen-bond donors (Lipinski definition) is 2. The molecule has 112 valence electrons. The van der Waals surface area contributed by atoms with Crippen molar-refractivity contribution in [1.82, 2.24) is 5.32 Å². The van der Waals surface area contributed by atoms with Crippen LogP contribution in [0.15, 0.2) is 36.4 Å². The molecule has 0 atom stereocenters. The number of halogens is 1. The first kappa shape index (κ1) is 15.8. The van der Waals surface area contributed by atoms with E-state index in [1.165, 1.54) is 11.3 Å². The molecule has 0 bridgehead atoms. The van der Waals surface area contributed by atoms with Gasteiger partial charge >= 0.3 is 0 Å². The summed E-state index contributed by atoms with van der Waals surface area (Å²) in [6.07, 6.45) is 1.09. The minimum atomic E-state index is -3.32. The lowest BCUT2D eigenvalue weighted by Gasteiger charge is -2.07.